The third-order valence-corrected chi connectivity index (χ3v) is 6.76. The summed E-state index contributed by atoms with van der Waals surface area (Å²) >= 11 is 1.76. The van der Waals surface area contributed by atoms with Crippen molar-refractivity contribution in [3.05, 3.63) is 63.8 Å². The van der Waals surface area contributed by atoms with E-state index in [4.69, 9.17) is 9.47 Å². The molecule has 0 N–H and O–H groups in total. The number of benzene rings is 1. The van der Waals surface area contributed by atoms with E-state index >= 15 is 0 Å². The Morgan fingerprint density at radius 3 is 2.80 bits per heavy atom. The Morgan fingerprint density at radius 1 is 1.17 bits per heavy atom. The molecule has 30 heavy (non-hydrogen) atoms. The average molecular weight is 420 g/mol. The van der Waals surface area contributed by atoms with Gasteiger partial charge in [-0.3, -0.25) is 4.99 Å². The van der Waals surface area contributed by atoms with Crippen molar-refractivity contribution < 1.29 is 9.47 Å². The second kappa shape index (κ2) is 9.19. The lowest BCUT2D eigenvalue weighted by Gasteiger charge is -2.09. The van der Waals surface area contributed by atoms with E-state index in [1.807, 2.05) is 42.7 Å². The number of aryl methyl sites for hydroxylation is 1. The maximum atomic E-state index is 9.76. The molecule has 1 aromatic carbocycles. The molecule has 5 nitrogen and oxygen atoms in total. The summed E-state index contributed by atoms with van der Waals surface area (Å²) in [5, 5.41) is 10.8. The fourth-order valence-corrected chi connectivity index (χ4v) is 5.25. The van der Waals surface area contributed by atoms with Crippen LogP contribution in [0.1, 0.15) is 40.1 Å². The van der Waals surface area contributed by atoms with Crippen LogP contribution in [0, 0.1) is 11.3 Å². The van der Waals surface area contributed by atoms with Gasteiger partial charge in [0.05, 0.1) is 25.5 Å². The molecule has 1 aliphatic carbocycles. The molecule has 0 spiro atoms. The molecule has 0 amide bonds. The van der Waals surface area contributed by atoms with E-state index in [-0.39, 0.29) is 0 Å². The van der Waals surface area contributed by atoms with Crippen molar-refractivity contribution >= 4 is 17.6 Å². The first kappa shape index (κ1) is 20.2. The predicted octanol–water partition coefficient (Wildman–Crippen LogP) is 4.97. The highest BCUT2D eigenvalue weighted by Gasteiger charge is 2.22. The molecule has 1 aliphatic rings. The highest BCUT2D eigenvalue weighted by molar-refractivity contribution is 7.15. The minimum Gasteiger partial charge on any atom is -0.493 e. The van der Waals surface area contributed by atoms with E-state index < -0.39 is 0 Å². The second-order valence-electron chi connectivity index (χ2n) is 7.28. The standard InChI is InChI=1S/C24H25N3O2S/c1-28-21-10-9-17(14-22(21)29-2)11-12-26-16-18-6-5-13-27(18)24-20(15-25)19-7-3-4-8-23(19)30-24/h5-6,9-10,13-14,16H,3-4,7-8,11-12H2,1-2H3. The Hall–Kier alpha value is -3.04. The third kappa shape index (κ3) is 3.99. The van der Waals surface area contributed by atoms with Gasteiger partial charge in [-0.25, -0.2) is 0 Å². The van der Waals surface area contributed by atoms with Gasteiger partial charge in [0.15, 0.2) is 11.5 Å². The van der Waals surface area contributed by atoms with Gasteiger partial charge in [0.1, 0.15) is 11.1 Å². The van der Waals surface area contributed by atoms with E-state index in [2.05, 4.69) is 15.6 Å². The summed E-state index contributed by atoms with van der Waals surface area (Å²) in [7, 11) is 3.28. The fourth-order valence-electron chi connectivity index (χ4n) is 3.91. The molecule has 154 valence electrons. The normalized spacial score (nSPS) is 13.2. The number of hydrogen-bond donors (Lipinski definition) is 0. The second-order valence-corrected chi connectivity index (χ2v) is 8.36. The van der Waals surface area contributed by atoms with Crippen LogP contribution in [0.25, 0.3) is 5.00 Å². The van der Waals surface area contributed by atoms with Gasteiger partial charge >= 0.3 is 0 Å². The SMILES string of the molecule is COc1ccc(CCN=Cc2cccn2-c2sc3c(c2C#N)CCCC3)cc1OC. The average Bonchev–Trinajstić information content (AvgIpc) is 3.40. The number of fused-ring (bicyclic) bond motifs is 1. The van der Waals surface area contributed by atoms with Gasteiger partial charge in [0.25, 0.3) is 0 Å². The number of aliphatic imine (C=N–C) groups is 1. The molecule has 6 heteroatoms. The van der Waals surface area contributed by atoms with E-state index in [1.54, 1.807) is 25.6 Å². The summed E-state index contributed by atoms with van der Waals surface area (Å²) in [5.41, 5.74) is 4.25. The van der Waals surface area contributed by atoms with Crippen LogP contribution in [0.5, 0.6) is 11.5 Å². The van der Waals surface area contributed by atoms with Crippen molar-refractivity contribution in [3.63, 3.8) is 0 Å². The van der Waals surface area contributed by atoms with Crippen LogP contribution in [0.2, 0.25) is 0 Å². The quantitative estimate of drug-likeness (QED) is 0.508. The maximum absolute atomic E-state index is 9.76. The summed E-state index contributed by atoms with van der Waals surface area (Å²) in [4.78, 5) is 6.01. The first-order chi connectivity index (χ1) is 14.7. The molecule has 0 atom stereocenters. The first-order valence-electron chi connectivity index (χ1n) is 10.2. The third-order valence-electron chi connectivity index (χ3n) is 5.46. The van der Waals surface area contributed by atoms with Crippen LogP contribution >= 0.6 is 11.3 Å². The molecular formula is C24H25N3O2S. The van der Waals surface area contributed by atoms with Gasteiger partial charge < -0.3 is 14.0 Å². The fraction of sp³-hybridized carbons (Fsp3) is 0.333. The number of rotatable bonds is 7. The molecule has 0 fully saturated rings. The van der Waals surface area contributed by atoms with Crippen molar-refractivity contribution in [3.8, 4) is 22.6 Å². The molecule has 3 aromatic rings. The molecule has 0 saturated carbocycles. The lowest BCUT2D eigenvalue weighted by molar-refractivity contribution is 0.354. The number of hydrogen-bond acceptors (Lipinski definition) is 5. The van der Waals surface area contributed by atoms with Crippen LogP contribution in [-0.4, -0.2) is 31.5 Å². The Bertz CT molecular complexity index is 1100. The minimum absolute atomic E-state index is 0.673. The molecular weight excluding hydrogens is 394 g/mol. The predicted molar refractivity (Wildman–Crippen MR) is 121 cm³/mol. The first-order valence-corrected chi connectivity index (χ1v) is 11.0. The van der Waals surface area contributed by atoms with Crippen LogP contribution in [0.4, 0.5) is 0 Å². The maximum Gasteiger partial charge on any atom is 0.160 e. The van der Waals surface area contributed by atoms with Gasteiger partial charge in [-0.05, 0) is 67.5 Å². The van der Waals surface area contributed by atoms with Crippen molar-refractivity contribution in [2.75, 3.05) is 20.8 Å². The number of nitrogens with zero attached hydrogens (tertiary/aromatic N) is 3. The van der Waals surface area contributed by atoms with Gasteiger partial charge in [-0.2, -0.15) is 5.26 Å². The molecule has 0 unspecified atom stereocenters. The van der Waals surface area contributed by atoms with Crippen molar-refractivity contribution in [1.29, 1.82) is 5.26 Å². The molecule has 4 rings (SSSR count). The summed E-state index contributed by atoms with van der Waals surface area (Å²) in [5.74, 6) is 1.47. The van der Waals surface area contributed by atoms with E-state index in [0.717, 1.165) is 52.6 Å². The van der Waals surface area contributed by atoms with E-state index in [9.17, 15) is 5.26 Å². The van der Waals surface area contributed by atoms with Crippen LogP contribution < -0.4 is 9.47 Å². The number of nitriles is 1. The lowest BCUT2D eigenvalue weighted by Crippen LogP contribution is -2.01. The summed E-state index contributed by atoms with van der Waals surface area (Å²) in [6.07, 6.45) is 9.24. The molecule has 2 aromatic heterocycles. The van der Waals surface area contributed by atoms with Crippen LogP contribution in [0.3, 0.4) is 0 Å². The molecule has 0 radical (unpaired) electrons. The van der Waals surface area contributed by atoms with Gasteiger partial charge in [-0.15, -0.1) is 11.3 Å². The smallest absolute Gasteiger partial charge is 0.160 e. The number of ether oxygens (including phenoxy) is 2. The van der Waals surface area contributed by atoms with Crippen LogP contribution in [0.15, 0.2) is 41.5 Å². The molecule has 0 bridgehead atoms. The Morgan fingerprint density at radius 2 is 2.00 bits per heavy atom. The highest BCUT2D eigenvalue weighted by Crippen LogP contribution is 2.36. The molecule has 0 saturated heterocycles. The number of aromatic nitrogens is 1. The highest BCUT2D eigenvalue weighted by atomic mass is 32.1. The Balaban J connectivity index is 1.49. The summed E-state index contributed by atoms with van der Waals surface area (Å²) < 4.78 is 12.8. The largest absolute Gasteiger partial charge is 0.493 e. The van der Waals surface area contributed by atoms with Crippen molar-refractivity contribution in [2.45, 2.75) is 32.1 Å². The molecule has 2 heterocycles. The van der Waals surface area contributed by atoms with Gasteiger partial charge in [0.2, 0.25) is 0 Å². The Kier molecular flexibility index (Phi) is 6.20. The van der Waals surface area contributed by atoms with Crippen LogP contribution in [-0.2, 0) is 19.3 Å². The monoisotopic (exact) mass is 419 g/mol. The number of methoxy groups -OCH3 is 2. The van der Waals surface area contributed by atoms with E-state index in [0.29, 0.717) is 6.54 Å². The van der Waals surface area contributed by atoms with Gasteiger partial charge in [-0.1, -0.05) is 6.07 Å². The Labute approximate surface area is 181 Å². The van der Waals surface area contributed by atoms with E-state index in [1.165, 1.54) is 23.3 Å². The minimum atomic E-state index is 0.673. The zero-order valence-corrected chi connectivity index (χ0v) is 18.2. The summed E-state index contributed by atoms with van der Waals surface area (Å²) in [6, 6.07) is 12.5. The van der Waals surface area contributed by atoms with Gasteiger partial charge in [0, 0.05) is 23.8 Å². The zero-order valence-electron chi connectivity index (χ0n) is 17.4. The molecule has 0 aliphatic heterocycles. The van der Waals surface area contributed by atoms with Crippen molar-refractivity contribution in [2.24, 2.45) is 4.99 Å². The topological polar surface area (TPSA) is 59.5 Å². The zero-order chi connectivity index (χ0) is 20.9. The van der Waals surface area contributed by atoms with Crippen molar-refractivity contribution in [1.82, 2.24) is 4.57 Å². The lowest BCUT2D eigenvalue weighted by atomic mass is 9.96. The summed E-state index contributed by atoms with van der Waals surface area (Å²) in [6.45, 7) is 0.673. The number of thiophene rings is 1.